The van der Waals surface area contributed by atoms with Crippen LogP contribution < -0.4 is 75.4 Å². The van der Waals surface area contributed by atoms with Crippen LogP contribution in [0.3, 0.4) is 0 Å². The summed E-state index contributed by atoms with van der Waals surface area (Å²) in [5, 5.41) is 43.5. The summed E-state index contributed by atoms with van der Waals surface area (Å²) in [5.74, 6) is -3.56. The van der Waals surface area contributed by atoms with Crippen molar-refractivity contribution in [1.82, 2.24) is 19.9 Å². The van der Waals surface area contributed by atoms with Crippen LogP contribution in [0.1, 0.15) is 26.3 Å². The number of rotatable bonds is 13. The molecule has 4 rings (SSSR count). The number of aliphatic hydroxyl groups is 3. The van der Waals surface area contributed by atoms with E-state index in [1.807, 2.05) is 20.8 Å². The molecule has 0 bridgehead atoms. The molecule has 19 heteroatoms. The molecule has 17 nitrogen and oxygen atoms in total. The Morgan fingerprint density at radius 2 is 1.52 bits per heavy atom. The van der Waals surface area contributed by atoms with Crippen LogP contribution in [0.25, 0.3) is 11.6 Å². The number of carboxylic acid groups (broad SMARTS) is 2. The number of nitrogens with one attached hydrogen (secondary N) is 1. The fraction of sp³-hybridized carbons (Fsp3) is 0.290. The minimum Gasteiger partial charge on any atom is -0.547 e. The molecule has 0 fully saturated rings. The molecule has 4 aromatic rings. The zero-order chi connectivity index (χ0) is 36.4. The van der Waals surface area contributed by atoms with Crippen molar-refractivity contribution >= 4 is 27.8 Å². The Morgan fingerprint density at radius 1 is 0.920 bits per heavy atom. The Bertz CT molecular complexity index is 1830. The number of nitrogens with zero attached hydrogens (tertiary/aromatic N) is 4. The first kappa shape index (κ1) is 42.4. The van der Waals surface area contributed by atoms with Gasteiger partial charge in [0.25, 0.3) is 15.9 Å². The van der Waals surface area contributed by atoms with Gasteiger partial charge in [0.15, 0.2) is 29.2 Å². The molecule has 262 valence electrons. The quantitative estimate of drug-likeness (QED) is 0.0907. The largest absolute Gasteiger partial charge is 1.00 e. The van der Waals surface area contributed by atoms with Gasteiger partial charge in [0, 0.05) is 12.4 Å². The van der Waals surface area contributed by atoms with Gasteiger partial charge in [0.1, 0.15) is 12.7 Å². The molecule has 0 spiro atoms. The van der Waals surface area contributed by atoms with Crippen molar-refractivity contribution in [1.29, 1.82) is 0 Å². The molecule has 0 aliphatic heterocycles. The van der Waals surface area contributed by atoms with E-state index in [0.29, 0.717) is 5.75 Å². The predicted octanol–water partition coefficient (Wildman–Crippen LogP) is -2.25. The molecule has 2 atom stereocenters. The van der Waals surface area contributed by atoms with E-state index in [2.05, 4.69) is 24.7 Å². The number of aromatic nitrogens is 4. The number of carbonyl (C=O) groups is 2. The van der Waals surface area contributed by atoms with Gasteiger partial charge >= 0.3 is 57.4 Å². The molecule has 2 unspecified atom stereocenters. The number of anilines is 1. The number of carbonyl (C=O) groups excluding carboxylic acids is 1. The van der Waals surface area contributed by atoms with E-state index in [1.165, 1.54) is 31.6 Å². The number of aliphatic hydroxyl groups excluding tert-OH is 3. The maximum Gasteiger partial charge on any atom is 1.00 e. The normalized spacial score (nSPS) is 12.2. The molecule has 2 aromatic carbocycles. The molecule has 50 heavy (non-hydrogen) atoms. The molecule has 2 aromatic heterocycles. The summed E-state index contributed by atoms with van der Waals surface area (Å²) in [6.07, 6.45) is -1.71. The van der Waals surface area contributed by atoms with Crippen molar-refractivity contribution in [2.45, 2.75) is 43.3 Å². The van der Waals surface area contributed by atoms with E-state index in [0.717, 1.165) is 5.56 Å². The number of aliphatic carboxylic acids is 2. The van der Waals surface area contributed by atoms with Crippen LogP contribution in [0.4, 0.5) is 5.82 Å². The van der Waals surface area contributed by atoms with Gasteiger partial charge in [0.2, 0.25) is 11.6 Å². The van der Waals surface area contributed by atoms with Crippen LogP contribution in [-0.4, -0.2) is 93.2 Å². The van der Waals surface area contributed by atoms with Gasteiger partial charge in [-0.3, -0.25) is 4.72 Å². The third-order valence-corrected chi connectivity index (χ3v) is 7.62. The van der Waals surface area contributed by atoms with Crippen molar-refractivity contribution in [3.63, 3.8) is 0 Å². The maximum atomic E-state index is 13.5. The topological polar surface area (TPSA) is 264 Å². The van der Waals surface area contributed by atoms with Crippen LogP contribution in [0.2, 0.25) is 0 Å². The molecule has 2 heterocycles. The summed E-state index contributed by atoms with van der Waals surface area (Å²) in [4.78, 5) is 36.5. The van der Waals surface area contributed by atoms with Crippen molar-refractivity contribution in [3.05, 3.63) is 72.6 Å². The minimum absolute atomic E-state index is 0. The monoisotopic (exact) mass is 739 g/mol. The molecule has 0 saturated carbocycles. The summed E-state index contributed by atoms with van der Waals surface area (Å²) in [5.41, 5.74) is 0.827. The number of hydrogen-bond acceptors (Lipinski definition) is 15. The van der Waals surface area contributed by atoms with Gasteiger partial charge in [-0.15, -0.1) is 0 Å². The molecule has 0 aliphatic carbocycles. The van der Waals surface area contributed by atoms with Gasteiger partial charge in [-0.25, -0.2) is 28.2 Å². The Morgan fingerprint density at radius 3 is 2.02 bits per heavy atom. The summed E-state index contributed by atoms with van der Waals surface area (Å²) < 4.78 is 46.6. The average molecular weight is 740 g/mol. The molecule has 0 aliphatic rings. The Hall–Kier alpha value is -3.79. The zero-order valence-electron chi connectivity index (χ0n) is 27.7. The number of benzene rings is 2. The second-order valence-corrected chi connectivity index (χ2v) is 12.5. The number of sulfonamides is 1. The second kappa shape index (κ2) is 19.0. The molecule has 0 saturated heterocycles. The van der Waals surface area contributed by atoms with E-state index >= 15 is 0 Å². The van der Waals surface area contributed by atoms with Crippen molar-refractivity contribution in [3.8, 4) is 34.8 Å². The number of para-hydroxylation sites is 2. The second-order valence-electron chi connectivity index (χ2n) is 10.9. The van der Waals surface area contributed by atoms with E-state index in [4.69, 9.17) is 29.5 Å². The first-order valence-corrected chi connectivity index (χ1v) is 15.7. The van der Waals surface area contributed by atoms with Crippen molar-refractivity contribution in [2.24, 2.45) is 0 Å². The zero-order valence-corrected chi connectivity index (χ0v) is 31.6. The number of methoxy groups -OCH3 is 1. The standard InChI is InChI=1S/C27H29N5O6S.C4H6O6.K/c1-27(2,3)18-10-12-19(13-11-18)39(34,35)32-23-22(38-21-9-6-5-8-20(21)36-4)26(37-17-16-33)31-25(30-23)24-28-14-7-15-29-24;5-1(3(7)8)2(6)4(9)10;/h5-15,33H,16-17H2,1-4H3,(H,30,31,32);1-2,5-6H,(H,7,8)(H,9,10);/q;;+1/p-1. The Kier molecular flexibility index (Phi) is 16.1. The third kappa shape index (κ3) is 11.6. The van der Waals surface area contributed by atoms with Crippen LogP contribution >= 0.6 is 0 Å². The van der Waals surface area contributed by atoms with Crippen LogP contribution in [0.5, 0.6) is 23.1 Å². The molecule has 0 amide bonds. The van der Waals surface area contributed by atoms with Gasteiger partial charge in [0.05, 0.1) is 24.6 Å². The fourth-order valence-electron chi connectivity index (χ4n) is 3.74. The number of ether oxygens (including phenoxy) is 3. The maximum absolute atomic E-state index is 13.5. The van der Waals surface area contributed by atoms with Crippen molar-refractivity contribution in [2.75, 3.05) is 25.0 Å². The Labute approximate surface area is 329 Å². The van der Waals surface area contributed by atoms with Crippen LogP contribution in [0, 0.1) is 0 Å². The van der Waals surface area contributed by atoms with Crippen LogP contribution in [-0.2, 0) is 25.0 Å². The van der Waals surface area contributed by atoms with Crippen LogP contribution in [0.15, 0.2) is 71.9 Å². The number of hydrogen-bond donors (Lipinski definition) is 5. The van der Waals surface area contributed by atoms with Gasteiger partial charge in [-0.05, 0) is 41.3 Å². The number of carboxylic acids is 2. The average Bonchev–Trinajstić information content (AvgIpc) is 3.07. The predicted molar refractivity (Wildman–Crippen MR) is 169 cm³/mol. The summed E-state index contributed by atoms with van der Waals surface area (Å²) in [6.45, 7) is 5.65. The molecular formula is C31H34KN5O12S. The first-order valence-electron chi connectivity index (χ1n) is 14.3. The third-order valence-electron chi connectivity index (χ3n) is 6.27. The van der Waals surface area contributed by atoms with E-state index in [1.54, 1.807) is 42.5 Å². The minimum atomic E-state index is -4.14. The first-order chi connectivity index (χ1) is 23.1. The molecular weight excluding hydrogens is 706 g/mol. The Balaban J connectivity index is 0.000000687. The van der Waals surface area contributed by atoms with Gasteiger partial charge in [-0.2, -0.15) is 4.98 Å². The summed E-state index contributed by atoms with van der Waals surface area (Å²) in [7, 11) is -2.66. The van der Waals surface area contributed by atoms with E-state index < -0.39 is 34.2 Å². The summed E-state index contributed by atoms with van der Waals surface area (Å²) >= 11 is 0. The SMILES string of the molecule is COc1ccccc1Oc1c(NS(=O)(=O)c2ccc(C(C)(C)C)cc2)nc(-c2ncccn2)nc1OCCO.O=C([O-])C(O)C(O)C(=O)O.[K+]. The van der Waals surface area contributed by atoms with E-state index in [9.17, 15) is 28.2 Å². The van der Waals surface area contributed by atoms with Crippen molar-refractivity contribution < 1.29 is 109 Å². The molecule has 5 N–H and O–H groups in total. The van der Waals surface area contributed by atoms with Gasteiger partial charge in [-0.1, -0.05) is 45.0 Å². The smallest absolute Gasteiger partial charge is 0.547 e. The molecule has 0 radical (unpaired) electrons. The summed E-state index contributed by atoms with van der Waals surface area (Å²) in [6, 6.07) is 15.0. The van der Waals surface area contributed by atoms with E-state index in [-0.39, 0.29) is 110 Å². The fourth-order valence-corrected chi connectivity index (χ4v) is 4.75. The van der Waals surface area contributed by atoms with Gasteiger partial charge < -0.3 is 44.5 Å².